The third-order valence-corrected chi connectivity index (χ3v) is 3.86. The summed E-state index contributed by atoms with van der Waals surface area (Å²) in [6, 6.07) is 18.9. The monoisotopic (exact) mass is 301 g/mol. The first-order chi connectivity index (χ1) is 10.1. The van der Waals surface area contributed by atoms with Crippen molar-refractivity contribution in [2.24, 2.45) is 5.92 Å². The summed E-state index contributed by atoms with van der Waals surface area (Å²) in [6.07, 6.45) is 1.03. The molecule has 0 aromatic heterocycles. The van der Waals surface area contributed by atoms with E-state index >= 15 is 0 Å². The molecule has 0 aliphatic carbocycles. The van der Waals surface area contributed by atoms with Crippen molar-refractivity contribution in [3.63, 3.8) is 0 Å². The topological polar surface area (TPSA) is 12.0 Å². The van der Waals surface area contributed by atoms with E-state index in [1.807, 2.05) is 12.1 Å². The predicted octanol–water partition coefficient (Wildman–Crippen LogP) is 4.91. The van der Waals surface area contributed by atoms with Gasteiger partial charge in [-0.1, -0.05) is 67.9 Å². The Kier molecular flexibility index (Phi) is 6.28. The number of nitrogens with one attached hydrogen (secondary N) is 1. The molecule has 0 saturated heterocycles. The number of hydrogen-bond acceptors (Lipinski definition) is 1. The van der Waals surface area contributed by atoms with Crippen molar-refractivity contribution in [1.82, 2.24) is 5.32 Å². The average Bonchev–Trinajstić information content (AvgIpc) is 2.49. The van der Waals surface area contributed by atoms with E-state index in [0.29, 0.717) is 11.8 Å². The molecule has 0 heterocycles. The molecule has 2 rings (SSSR count). The van der Waals surface area contributed by atoms with E-state index in [1.54, 1.807) is 0 Å². The fraction of sp³-hybridized carbons (Fsp3) is 0.368. The van der Waals surface area contributed by atoms with Crippen LogP contribution in [0.2, 0.25) is 5.02 Å². The van der Waals surface area contributed by atoms with Gasteiger partial charge >= 0.3 is 0 Å². The molecule has 0 bridgehead atoms. The van der Waals surface area contributed by atoms with Gasteiger partial charge < -0.3 is 5.32 Å². The van der Waals surface area contributed by atoms with Crippen LogP contribution in [0.5, 0.6) is 0 Å². The molecule has 1 nitrogen and oxygen atoms in total. The van der Waals surface area contributed by atoms with Crippen LogP contribution in [0.15, 0.2) is 54.6 Å². The van der Waals surface area contributed by atoms with Gasteiger partial charge in [-0.05, 0) is 42.1 Å². The maximum absolute atomic E-state index is 5.97. The number of halogens is 1. The molecule has 112 valence electrons. The molecule has 0 aliphatic heterocycles. The minimum Gasteiger partial charge on any atom is -0.316 e. The second-order valence-electron chi connectivity index (χ2n) is 5.99. The first-order valence-corrected chi connectivity index (χ1v) is 8.03. The molecule has 0 amide bonds. The smallest absolute Gasteiger partial charge is 0.0406 e. The molecule has 2 aromatic rings. The highest BCUT2D eigenvalue weighted by atomic mass is 35.5. The fourth-order valence-corrected chi connectivity index (χ4v) is 2.61. The third-order valence-electron chi connectivity index (χ3n) is 3.61. The van der Waals surface area contributed by atoms with Crippen LogP contribution in [0.4, 0.5) is 0 Å². The Morgan fingerprint density at radius 1 is 0.905 bits per heavy atom. The molecule has 0 fully saturated rings. The van der Waals surface area contributed by atoms with Crippen molar-refractivity contribution in [2.45, 2.75) is 26.2 Å². The molecule has 0 saturated carbocycles. The molecule has 0 aliphatic rings. The Labute approximate surface area is 133 Å². The molecule has 21 heavy (non-hydrogen) atoms. The Hall–Kier alpha value is -1.31. The summed E-state index contributed by atoms with van der Waals surface area (Å²) in [6.45, 7) is 6.54. The highest BCUT2D eigenvalue weighted by Gasteiger charge is 2.12. The van der Waals surface area contributed by atoms with Gasteiger partial charge in [0.05, 0.1) is 0 Å². The average molecular weight is 302 g/mol. The summed E-state index contributed by atoms with van der Waals surface area (Å²) in [5, 5.41) is 4.39. The molecular weight excluding hydrogens is 278 g/mol. The van der Waals surface area contributed by atoms with Gasteiger partial charge in [0.15, 0.2) is 0 Å². The lowest BCUT2D eigenvalue weighted by Gasteiger charge is -2.19. The first-order valence-electron chi connectivity index (χ1n) is 7.65. The lowest BCUT2D eigenvalue weighted by molar-refractivity contribution is 0.514. The quantitative estimate of drug-likeness (QED) is 0.766. The van der Waals surface area contributed by atoms with Gasteiger partial charge in [-0.3, -0.25) is 0 Å². The van der Waals surface area contributed by atoms with Gasteiger partial charge in [-0.25, -0.2) is 0 Å². The maximum atomic E-state index is 5.97. The Bertz CT molecular complexity index is 519. The molecule has 1 N–H and O–H groups in total. The number of rotatable bonds is 7. The van der Waals surface area contributed by atoms with Gasteiger partial charge in [0, 0.05) is 17.5 Å². The zero-order valence-corrected chi connectivity index (χ0v) is 13.6. The van der Waals surface area contributed by atoms with Gasteiger partial charge in [0.2, 0.25) is 0 Å². The van der Waals surface area contributed by atoms with E-state index in [4.69, 9.17) is 11.6 Å². The Balaban J connectivity index is 2.06. The van der Waals surface area contributed by atoms with E-state index in [0.717, 1.165) is 24.5 Å². The van der Waals surface area contributed by atoms with Gasteiger partial charge in [0.25, 0.3) is 0 Å². The highest BCUT2D eigenvalue weighted by Crippen LogP contribution is 2.21. The number of benzene rings is 2. The zero-order valence-electron chi connectivity index (χ0n) is 12.9. The van der Waals surface area contributed by atoms with E-state index in [9.17, 15) is 0 Å². The second kappa shape index (κ2) is 8.21. The third kappa shape index (κ3) is 5.53. The van der Waals surface area contributed by atoms with Crippen molar-refractivity contribution >= 4 is 11.6 Å². The van der Waals surface area contributed by atoms with Crippen molar-refractivity contribution in [3.05, 3.63) is 70.7 Å². The van der Waals surface area contributed by atoms with Crippen LogP contribution in [0.25, 0.3) is 0 Å². The summed E-state index contributed by atoms with van der Waals surface area (Å²) < 4.78 is 0. The Morgan fingerprint density at radius 3 is 2.19 bits per heavy atom. The Morgan fingerprint density at radius 2 is 1.57 bits per heavy atom. The molecule has 0 spiro atoms. The van der Waals surface area contributed by atoms with Crippen LogP contribution in [0, 0.1) is 5.92 Å². The van der Waals surface area contributed by atoms with E-state index in [1.165, 1.54) is 11.1 Å². The lowest BCUT2D eigenvalue weighted by atomic mass is 9.92. The maximum Gasteiger partial charge on any atom is 0.0406 e. The number of hydrogen-bond donors (Lipinski definition) is 1. The van der Waals surface area contributed by atoms with Crippen molar-refractivity contribution in [3.8, 4) is 0 Å². The fourth-order valence-electron chi connectivity index (χ4n) is 2.48. The molecule has 1 atom stereocenters. The minimum absolute atomic E-state index is 0.492. The van der Waals surface area contributed by atoms with Crippen molar-refractivity contribution < 1.29 is 0 Å². The van der Waals surface area contributed by atoms with Crippen molar-refractivity contribution in [1.29, 1.82) is 0 Å². The normalized spacial score (nSPS) is 12.6. The lowest BCUT2D eigenvalue weighted by Crippen LogP contribution is -2.26. The molecular formula is C19H24ClN. The second-order valence-corrected chi connectivity index (χ2v) is 6.43. The standard InChI is InChI=1S/C19H24ClN/c1-15(2)13-21-14-18(17-6-4-3-5-7-17)12-16-8-10-19(20)11-9-16/h3-11,15,18,21H,12-14H2,1-2H3. The molecule has 0 radical (unpaired) electrons. The van der Waals surface area contributed by atoms with Gasteiger partial charge in [0.1, 0.15) is 0 Å². The van der Waals surface area contributed by atoms with Crippen molar-refractivity contribution in [2.75, 3.05) is 13.1 Å². The SMILES string of the molecule is CC(C)CNCC(Cc1ccc(Cl)cc1)c1ccccc1. The van der Waals surface area contributed by atoms with Crippen LogP contribution >= 0.6 is 11.6 Å². The summed E-state index contributed by atoms with van der Waals surface area (Å²) in [5.41, 5.74) is 2.73. The van der Waals surface area contributed by atoms with Gasteiger partial charge in [-0.15, -0.1) is 0 Å². The zero-order chi connectivity index (χ0) is 15.1. The van der Waals surface area contributed by atoms with Crippen LogP contribution in [0.1, 0.15) is 30.9 Å². The summed E-state index contributed by atoms with van der Waals surface area (Å²) in [5.74, 6) is 1.17. The largest absolute Gasteiger partial charge is 0.316 e. The van der Waals surface area contributed by atoms with Crippen LogP contribution in [0.3, 0.4) is 0 Å². The summed E-state index contributed by atoms with van der Waals surface area (Å²) in [4.78, 5) is 0. The van der Waals surface area contributed by atoms with E-state index in [-0.39, 0.29) is 0 Å². The van der Waals surface area contributed by atoms with Gasteiger partial charge in [-0.2, -0.15) is 0 Å². The molecule has 2 aromatic carbocycles. The van der Waals surface area contributed by atoms with Crippen LogP contribution < -0.4 is 5.32 Å². The predicted molar refractivity (Wildman–Crippen MR) is 92.0 cm³/mol. The highest BCUT2D eigenvalue weighted by molar-refractivity contribution is 6.30. The molecule has 2 heteroatoms. The van der Waals surface area contributed by atoms with Crippen LogP contribution in [-0.2, 0) is 6.42 Å². The summed E-state index contributed by atoms with van der Waals surface area (Å²) in [7, 11) is 0. The first kappa shape index (κ1) is 16.1. The molecule has 1 unspecified atom stereocenters. The summed E-state index contributed by atoms with van der Waals surface area (Å²) >= 11 is 5.97. The minimum atomic E-state index is 0.492. The van der Waals surface area contributed by atoms with Crippen LogP contribution in [-0.4, -0.2) is 13.1 Å². The van der Waals surface area contributed by atoms with E-state index in [2.05, 4.69) is 61.6 Å². The van der Waals surface area contributed by atoms with E-state index < -0.39 is 0 Å².